The van der Waals surface area contributed by atoms with Gasteiger partial charge in [-0.25, -0.2) is 4.79 Å². The lowest BCUT2D eigenvalue weighted by molar-refractivity contribution is -0.117. The average Bonchev–Trinajstić information content (AvgIpc) is 2.83. The Bertz CT molecular complexity index is 564. The third-order valence-corrected chi connectivity index (χ3v) is 3.13. The number of thiophene rings is 1. The summed E-state index contributed by atoms with van der Waals surface area (Å²) in [5, 5.41) is 8.08. The number of anilines is 2. The van der Waals surface area contributed by atoms with Gasteiger partial charge < -0.3 is 11.1 Å². The van der Waals surface area contributed by atoms with Crippen LogP contribution in [-0.4, -0.2) is 11.9 Å². The molecule has 2 rings (SSSR count). The quantitative estimate of drug-likeness (QED) is 0.800. The lowest BCUT2D eigenvalue weighted by atomic mass is 10.1. The first-order valence-electron chi connectivity index (χ1n) is 5.62. The predicted octanol–water partition coefficient (Wildman–Crippen LogP) is 2.42. The maximum atomic E-state index is 11.7. The number of rotatable bonds is 4. The number of urea groups is 1. The van der Waals surface area contributed by atoms with Crippen LogP contribution in [0.3, 0.4) is 0 Å². The van der Waals surface area contributed by atoms with Gasteiger partial charge in [0, 0.05) is 5.69 Å². The Morgan fingerprint density at radius 1 is 1.11 bits per heavy atom. The predicted molar refractivity (Wildman–Crippen MR) is 76.3 cm³/mol. The van der Waals surface area contributed by atoms with Gasteiger partial charge in [-0.05, 0) is 35.2 Å². The minimum atomic E-state index is -0.379. The molecular weight excluding hydrogens is 262 g/mol. The molecule has 98 valence electrons. The van der Waals surface area contributed by atoms with Gasteiger partial charge in [-0.1, -0.05) is 12.1 Å². The molecule has 0 atom stereocenters. The first-order chi connectivity index (χ1) is 9.13. The first-order valence-corrected chi connectivity index (χ1v) is 6.50. The van der Waals surface area contributed by atoms with Crippen molar-refractivity contribution in [3.05, 3.63) is 47.3 Å². The molecule has 0 radical (unpaired) electrons. The molecule has 1 heterocycles. The summed E-state index contributed by atoms with van der Waals surface area (Å²) in [6.07, 6.45) is 0.196. The molecule has 1 aromatic heterocycles. The highest BCUT2D eigenvalue weighted by molar-refractivity contribution is 7.14. The summed E-state index contributed by atoms with van der Waals surface area (Å²) in [7, 11) is 0. The number of amides is 3. The molecule has 19 heavy (non-hydrogen) atoms. The van der Waals surface area contributed by atoms with E-state index in [1.165, 1.54) is 11.3 Å². The molecule has 1 aromatic carbocycles. The van der Waals surface area contributed by atoms with Gasteiger partial charge in [0.1, 0.15) is 0 Å². The third kappa shape index (κ3) is 4.11. The summed E-state index contributed by atoms with van der Waals surface area (Å²) in [5.74, 6) is -0.379. The molecule has 2 aromatic rings. The highest BCUT2D eigenvalue weighted by Gasteiger charge is 2.04. The van der Waals surface area contributed by atoms with Crippen LogP contribution in [0, 0.1) is 0 Å². The molecule has 0 aliphatic heterocycles. The Morgan fingerprint density at radius 2 is 1.84 bits per heavy atom. The Hall–Kier alpha value is -2.34. The van der Waals surface area contributed by atoms with E-state index >= 15 is 0 Å². The average molecular weight is 275 g/mol. The van der Waals surface area contributed by atoms with Gasteiger partial charge >= 0.3 is 6.03 Å². The van der Waals surface area contributed by atoms with E-state index in [0.29, 0.717) is 5.69 Å². The summed E-state index contributed by atoms with van der Waals surface area (Å²) in [6, 6.07) is 10.3. The van der Waals surface area contributed by atoms with Crippen LogP contribution in [0.25, 0.3) is 0 Å². The van der Waals surface area contributed by atoms with Crippen LogP contribution < -0.4 is 16.4 Å². The number of nitrogens with one attached hydrogen (secondary N) is 2. The Balaban J connectivity index is 1.92. The topological polar surface area (TPSA) is 84.2 Å². The summed E-state index contributed by atoms with van der Waals surface area (Å²) >= 11 is 1.45. The van der Waals surface area contributed by atoms with Crippen molar-refractivity contribution in [2.75, 3.05) is 10.6 Å². The van der Waals surface area contributed by atoms with Crippen molar-refractivity contribution < 1.29 is 9.59 Å². The number of carbonyl (C=O) groups is 2. The second-order valence-corrected chi connectivity index (χ2v) is 4.84. The normalized spacial score (nSPS) is 9.89. The van der Waals surface area contributed by atoms with E-state index in [2.05, 4.69) is 10.6 Å². The molecule has 0 saturated heterocycles. The summed E-state index contributed by atoms with van der Waals surface area (Å²) in [4.78, 5) is 22.4. The molecule has 0 saturated carbocycles. The number of carbonyl (C=O) groups excluding carboxylic acids is 2. The first kappa shape index (κ1) is 13.1. The molecular formula is C13H13N3O2S. The molecule has 0 aliphatic rings. The smallest absolute Gasteiger partial charge is 0.324 e. The van der Waals surface area contributed by atoms with Crippen molar-refractivity contribution in [1.82, 2.24) is 0 Å². The lowest BCUT2D eigenvalue weighted by Crippen LogP contribution is -2.18. The molecule has 0 aliphatic carbocycles. The Kier molecular flexibility index (Phi) is 4.15. The second-order valence-electron chi connectivity index (χ2n) is 3.90. The fraction of sp³-hybridized carbons (Fsp3) is 0.0769. The maximum Gasteiger partial charge on any atom is 0.324 e. The number of hydrogen-bond acceptors (Lipinski definition) is 3. The van der Waals surface area contributed by atoms with E-state index in [1.54, 1.807) is 24.3 Å². The summed E-state index contributed by atoms with van der Waals surface area (Å²) in [5.41, 5.74) is 6.57. The Labute approximate surface area is 114 Å². The van der Waals surface area contributed by atoms with Crippen LogP contribution in [-0.2, 0) is 11.2 Å². The van der Waals surface area contributed by atoms with Crippen LogP contribution in [0.5, 0.6) is 0 Å². The molecule has 4 N–H and O–H groups in total. The lowest BCUT2D eigenvalue weighted by Gasteiger charge is -2.06. The van der Waals surface area contributed by atoms with Crippen molar-refractivity contribution in [1.29, 1.82) is 0 Å². The molecule has 5 nitrogen and oxygen atoms in total. The maximum absolute atomic E-state index is 11.7. The van der Waals surface area contributed by atoms with Gasteiger partial charge in [0.2, 0.25) is 5.91 Å². The summed E-state index contributed by atoms with van der Waals surface area (Å²) < 4.78 is 0. The molecule has 0 unspecified atom stereocenters. The van der Waals surface area contributed by atoms with Crippen LogP contribution in [0.15, 0.2) is 41.8 Å². The number of benzene rings is 1. The second kappa shape index (κ2) is 6.01. The molecule has 0 spiro atoms. The minimum absolute atomic E-state index is 0.196. The van der Waals surface area contributed by atoms with E-state index in [4.69, 9.17) is 5.73 Å². The van der Waals surface area contributed by atoms with E-state index in [-0.39, 0.29) is 18.4 Å². The standard InChI is InChI=1S/C13H13N3O2S/c14-11(17)8-9-3-5-10(6-4-9)15-13(18)16-12-2-1-7-19-12/h1-7H,8H2,(H2,14,17)(H2,15,16,18). The van der Waals surface area contributed by atoms with Crippen LogP contribution in [0.2, 0.25) is 0 Å². The van der Waals surface area contributed by atoms with Crippen molar-refractivity contribution in [2.24, 2.45) is 5.73 Å². The van der Waals surface area contributed by atoms with E-state index in [9.17, 15) is 9.59 Å². The van der Waals surface area contributed by atoms with Crippen molar-refractivity contribution in [3.8, 4) is 0 Å². The van der Waals surface area contributed by atoms with E-state index in [1.807, 2.05) is 17.5 Å². The van der Waals surface area contributed by atoms with Crippen LogP contribution in [0.1, 0.15) is 5.56 Å². The van der Waals surface area contributed by atoms with Crippen LogP contribution in [0.4, 0.5) is 15.5 Å². The largest absolute Gasteiger partial charge is 0.369 e. The molecule has 0 bridgehead atoms. The van der Waals surface area contributed by atoms with Gasteiger partial charge in [-0.2, -0.15) is 0 Å². The summed E-state index contributed by atoms with van der Waals surface area (Å²) in [6.45, 7) is 0. The van der Waals surface area contributed by atoms with E-state index in [0.717, 1.165) is 10.6 Å². The van der Waals surface area contributed by atoms with Crippen molar-refractivity contribution >= 4 is 34.0 Å². The Morgan fingerprint density at radius 3 is 2.42 bits per heavy atom. The van der Waals surface area contributed by atoms with Gasteiger partial charge in [-0.15, -0.1) is 11.3 Å². The zero-order valence-electron chi connectivity index (χ0n) is 10.1. The van der Waals surface area contributed by atoms with Crippen LogP contribution >= 0.6 is 11.3 Å². The zero-order chi connectivity index (χ0) is 13.7. The van der Waals surface area contributed by atoms with Crippen molar-refractivity contribution in [3.63, 3.8) is 0 Å². The highest BCUT2D eigenvalue weighted by Crippen LogP contribution is 2.16. The molecule has 6 heteroatoms. The minimum Gasteiger partial charge on any atom is -0.369 e. The number of primary amides is 1. The number of nitrogens with two attached hydrogens (primary N) is 1. The number of hydrogen-bond donors (Lipinski definition) is 3. The SMILES string of the molecule is NC(=O)Cc1ccc(NC(=O)Nc2cccs2)cc1. The van der Waals surface area contributed by atoms with Gasteiger partial charge in [0.05, 0.1) is 11.4 Å². The molecule has 0 fully saturated rings. The fourth-order valence-electron chi connectivity index (χ4n) is 1.53. The highest BCUT2D eigenvalue weighted by atomic mass is 32.1. The van der Waals surface area contributed by atoms with Gasteiger partial charge in [-0.3, -0.25) is 10.1 Å². The zero-order valence-corrected chi connectivity index (χ0v) is 10.9. The van der Waals surface area contributed by atoms with Crippen molar-refractivity contribution in [2.45, 2.75) is 6.42 Å². The van der Waals surface area contributed by atoms with E-state index < -0.39 is 0 Å². The third-order valence-electron chi connectivity index (χ3n) is 2.35. The van der Waals surface area contributed by atoms with Gasteiger partial charge in [0.25, 0.3) is 0 Å². The van der Waals surface area contributed by atoms with Gasteiger partial charge in [0.15, 0.2) is 0 Å². The molecule has 3 amide bonds. The monoisotopic (exact) mass is 275 g/mol. The fourth-order valence-corrected chi connectivity index (χ4v) is 2.14.